The number of benzene rings is 1. The topological polar surface area (TPSA) is 50.4 Å². The van der Waals surface area contributed by atoms with E-state index in [0.717, 1.165) is 38.1 Å². The average molecular weight is 270 g/mol. The summed E-state index contributed by atoms with van der Waals surface area (Å²) < 4.78 is 31.4. The molecule has 0 aliphatic carbocycles. The monoisotopic (exact) mass is 270 g/mol. The van der Waals surface area contributed by atoms with Gasteiger partial charge in [0, 0.05) is 6.07 Å². The normalized spacial score (nSPS) is 16.3. The predicted octanol–water partition coefficient (Wildman–Crippen LogP) is 1.67. The number of anilines is 1. The van der Waals surface area contributed by atoms with Crippen LogP contribution in [0.4, 0.5) is 14.5 Å². The number of carbonyl (C=O) groups excluding carboxylic acids is 1. The molecule has 1 amide bonds. The zero-order chi connectivity index (χ0) is 13.7. The Kier molecular flexibility index (Phi) is 4.81. The minimum Gasteiger partial charge on any atom is -0.368 e. The van der Waals surface area contributed by atoms with Gasteiger partial charge in [-0.05, 0) is 38.1 Å². The van der Waals surface area contributed by atoms with Crippen LogP contribution in [-0.4, -0.2) is 31.7 Å². The van der Waals surface area contributed by atoms with E-state index in [4.69, 9.17) is 4.74 Å². The summed E-state index contributed by atoms with van der Waals surface area (Å²) in [6.45, 7) is 1.62. The van der Waals surface area contributed by atoms with Crippen LogP contribution in [0.15, 0.2) is 18.2 Å². The first kappa shape index (κ1) is 13.9. The summed E-state index contributed by atoms with van der Waals surface area (Å²) in [7, 11) is 0. The van der Waals surface area contributed by atoms with Crippen LogP contribution in [-0.2, 0) is 9.53 Å². The first-order valence-corrected chi connectivity index (χ1v) is 6.22. The fourth-order valence-corrected chi connectivity index (χ4v) is 1.93. The highest BCUT2D eigenvalue weighted by Crippen LogP contribution is 2.15. The minimum atomic E-state index is -0.796. The van der Waals surface area contributed by atoms with Gasteiger partial charge in [-0.15, -0.1) is 0 Å². The van der Waals surface area contributed by atoms with E-state index in [-0.39, 0.29) is 18.4 Å². The van der Waals surface area contributed by atoms with Gasteiger partial charge in [-0.25, -0.2) is 8.78 Å². The Bertz CT molecular complexity index is 448. The Morgan fingerprint density at radius 3 is 2.79 bits per heavy atom. The van der Waals surface area contributed by atoms with Gasteiger partial charge in [0.25, 0.3) is 0 Å². The summed E-state index contributed by atoms with van der Waals surface area (Å²) >= 11 is 0. The summed E-state index contributed by atoms with van der Waals surface area (Å²) in [5.41, 5.74) is -0.0414. The molecule has 2 rings (SSSR count). The molecule has 0 saturated carbocycles. The maximum atomic E-state index is 13.3. The predicted molar refractivity (Wildman–Crippen MR) is 66.8 cm³/mol. The summed E-state index contributed by atoms with van der Waals surface area (Å²) in [4.78, 5) is 11.6. The van der Waals surface area contributed by atoms with Crippen molar-refractivity contribution in [3.05, 3.63) is 29.8 Å². The van der Waals surface area contributed by atoms with Crippen LogP contribution in [0, 0.1) is 11.6 Å². The third kappa shape index (κ3) is 4.25. The highest BCUT2D eigenvalue weighted by Gasteiger charge is 2.15. The number of amides is 1. The summed E-state index contributed by atoms with van der Waals surface area (Å²) in [5.74, 6) is -1.92. The highest BCUT2D eigenvalue weighted by atomic mass is 19.1. The number of nitrogens with one attached hydrogen (secondary N) is 2. The highest BCUT2D eigenvalue weighted by molar-refractivity contribution is 5.91. The molecule has 0 bridgehead atoms. The van der Waals surface area contributed by atoms with Gasteiger partial charge in [-0.2, -0.15) is 0 Å². The Labute approximate surface area is 110 Å². The zero-order valence-corrected chi connectivity index (χ0v) is 10.4. The van der Waals surface area contributed by atoms with E-state index < -0.39 is 17.5 Å². The summed E-state index contributed by atoms with van der Waals surface area (Å²) in [5, 5.41) is 5.55. The molecule has 6 heteroatoms. The van der Waals surface area contributed by atoms with Gasteiger partial charge in [0.15, 0.2) is 0 Å². The van der Waals surface area contributed by atoms with Crippen LogP contribution in [0.5, 0.6) is 0 Å². The molecule has 0 aromatic heterocycles. The second-order valence-corrected chi connectivity index (χ2v) is 4.43. The lowest BCUT2D eigenvalue weighted by atomic mass is 10.1. The SMILES string of the molecule is O=C(COC1CCNCC1)Nc1ccc(F)cc1F. The van der Waals surface area contributed by atoms with E-state index in [9.17, 15) is 13.6 Å². The number of ether oxygens (including phenoxy) is 1. The van der Waals surface area contributed by atoms with Gasteiger partial charge in [0.1, 0.15) is 18.2 Å². The standard InChI is InChI=1S/C13H16F2N2O2/c14-9-1-2-12(11(15)7-9)17-13(18)8-19-10-3-5-16-6-4-10/h1-2,7,10,16H,3-6,8H2,(H,17,18). The second kappa shape index (κ2) is 6.58. The molecule has 1 aromatic carbocycles. The number of carbonyl (C=O) groups is 1. The van der Waals surface area contributed by atoms with Crippen LogP contribution in [0.25, 0.3) is 0 Å². The Morgan fingerprint density at radius 1 is 1.37 bits per heavy atom. The van der Waals surface area contributed by atoms with Gasteiger partial charge < -0.3 is 15.4 Å². The molecule has 0 unspecified atom stereocenters. The zero-order valence-electron chi connectivity index (χ0n) is 10.4. The van der Waals surface area contributed by atoms with Crippen molar-refractivity contribution in [1.29, 1.82) is 0 Å². The molecular formula is C13H16F2N2O2. The van der Waals surface area contributed by atoms with Crippen molar-refractivity contribution in [1.82, 2.24) is 5.32 Å². The van der Waals surface area contributed by atoms with E-state index in [2.05, 4.69) is 10.6 Å². The molecule has 1 saturated heterocycles. The smallest absolute Gasteiger partial charge is 0.250 e. The Morgan fingerprint density at radius 2 is 2.11 bits per heavy atom. The second-order valence-electron chi connectivity index (χ2n) is 4.43. The molecular weight excluding hydrogens is 254 g/mol. The lowest BCUT2D eigenvalue weighted by Crippen LogP contribution is -2.34. The minimum absolute atomic E-state index is 0.0414. The van der Waals surface area contributed by atoms with E-state index in [0.29, 0.717) is 0 Å². The fourth-order valence-electron chi connectivity index (χ4n) is 1.93. The molecule has 1 aromatic rings. The molecule has 19 heavy (non-hydrogen) atoms. The van der Waals surface area contributed by atoms with Gasteiger partial charge in [0.05, 0.1) is 11.8 Å². The molecule has 1 heterocycles. The van der Waals surface area contributed by atoms with Crippen molar-refractivity contribution in [2.45, 2.75) is 18.9 Å². The van der Waals surface area contributed by atoms with E-state index >= 15 is 0 Å². The van der Waals surface area contributed by atoms with Crippen molar-refractivity contribution in [3.63, 3.8) is 0 Å². The van der Waals surface area contributed by atoms with Crippen molar-refractivity contribution < 1.29 is 18.3 Å². The fraction of sp³-hybridized carbons (Fsp3) is 0.462. The van der Waals surface area contributed by atoms with E-state index in [1.807, 2.05) is 0 Å². The molecule has 104 valence electrons. The van der Waals surface area contributed by atoms with E-state index in [1.165, 1.54) is 6.07 Å². The Balaban J connectivity index is 1.80. The van der Waals surface area contributed by atoms with Gasteiger partial charge in [-0.3, -0.25) is 4.79 Å². The molecule has 0 spiro atoms. The van der Waals surface area contributed by atoms with Crippen LogP contribution >= 0.6 is 0 Å². The number of rotatable bonds is 4. The van der Waals surface area contributed by atoms with E-state index in [1.54, 1.807) is 0 Å². The van der Waals surface area contributed by atoms with Crippen LogP contribution in [0.3, 0.4) is 0 Å². The van der Waals surface area contributed by atoms with Gasteiger partial charge in [-0.1, -0.05) is 0 Å². The van der Waals surface area contributed by atoms with Crippen molar-refractivity contribution >= 4 is 11.6 Å². The van der Waals surface area contributed by atoms with Crippen LogP contribution in [0.1, 0.15) is 12.8 Å². The number of halogens is 2. The molecule has 1 fully saturated rings. The third-order valence-electron chi connectivity index (χ3n) is 2.94. The summed E-state index contributed by atoms with van der Waals surface area (Å²) in [6, 6.07) is 3.00. The quantitative estimate of drug-likeness (QED) is 0.875. The Hall–Kier alpha value is -1.53. The maximum Gasteiger partial charge on any atom is 0.250 e. The summed E-state index contributed by atoms with van der Waals surface area (Å²) in [6.07, 6.45) is 1.78. The molecule has 4 nitrogen and oxygen atoms in total. The molecule has 0 atom stereocenters. The molecule has 1 aliphatic heterocycles. The first-order valence-electron chi connectivity index (χ1n) is 6.22. The lowest BCUT2D eigenvalue weighted by Gasteiger charge is -2.22. The van der Waals surface area contributed by atoms with Gasteiger partial charge >= 0.3 is 0 Å². The number of hydrogen-bond donors (Lipinski definition) is 2. The molecule has 2 N–H and O–H groups in total. The maximum absolute atomic E-state index is 13.3. The molecule has 1 aliphatic rings. The lowest BCUT2D eigenvalue weighted by molar-refractivity contribution is -0.123. The third-order valence-corrected chi connectivity index (χ3v) is 2.94. The van der Waals surface area contributed by atoms with Crippen LogP contribution in [0.2, 0.25) is 0 Å². The van der Waals surface area contributed by atoms with Crippen molar-refractivity contribution in [3.8, 4) is 0 Å². The largest absolute Gasteiger partial charge is 0.368 e. The van der Waals surface area contributed by atoms with Crippen molar-refractivity contribution in [2.24, 2.45) is 0 Å². The average Bonchev–Trinajstić information content (AvgIpc) is 2.41. The number of hydrogen-bond acceptors (Lipinski definition) is 3. The van der Waals surface area contributed by atoms with Gasteiger partial charge in [0.2, 0.25) is 5.91 Å². The van der Waals surface area contributed by atoms with Crippen molar-refractivity contribution in [2.75, 3.05) is 25.0 Å². The van der Waals surface area contributed by atoms with Crippen LogP contribution < -0.4 is 10.6 Å². The first-order chi connectivity index (χ1) is 9.15. The number of piperidine rings is 1. The molecule has 0 radical (unpaired) electrons.